The molecule has 0 fully saturated rings. The third kappa shape index (κ3) is 2.64. The Bertz CT molecular complexity index is 820. The lowest BCUT2D eigenvalue weighted by atomic mass is 10.1. The van der Waals surface area contributed by atoms with E-state index in [4.69, 9.17) is 11.6 Å². The van der Waals surface area contributed by atoms with Gasteiger partial charge in [-0.25, -0.2) is 4.68 Å². The van der Waals surface area contributed by atoms with E-state index in [9.17, 15) is 4.79 Å². The minimum absolute atomic E-state index is 0.560. The van der Waals surface area contributed by atoms with Crippen LogP contribution in [0.3, 0.4) is 0 Å². The minimum Gasteiger partial charge on any atom is -0.298 e. The van der Waals surface area contributed by atoms with Gasteiger partial charge in [-0.2, -0.15) is 5.10 Å². The van der Waals surface area contributed by atoms with Gasteiger partial charge < -0.3 is 0 Å². The summed E-state index contributed by atoms with van der Waals surface area (Å²) in [6, 6.07) is 7.97. The summed E-state index contributed by atoms with van der Waals surface area (Å²) in [7, 11) is 0. The number of hydrogen-bond acceptors (Lipinski definition) is 3. The van der Waals surface area contributed by atoms with Crippen LogP contribution in [-0.4, -0.2) is 16.1 Å². The summed E-state index contributed by atoms with van der Waals surface area (Å²) in [6.45, 7) is 4.08. The lowest BCUT2D eigenvalue weighted by Crippen LogP contribution is -1.98. The molecule has 21 heavy (non-hydrogen) atoms. The summed E-state index contributed by atoms with van der Waals surface area (Å²) < 4.78 is 2.43. The van der Waals surface area contributed by atoms with Gasteiger partial charge in [0.1, 0.15) is 5.69 Å². The predicted molar refractivity (Wildman–Crippen MR) is 86.7 cm³/mol. The van der Waals surface area contributed by atoms with E-state index >= 15 is 0 Å². The van der Waals surface area contributed by atoms with Crippen LogP contribution < -0.4 is 0 Å². The molecule has 0 radical (unpaired) electrons. The smallest absolute Gasteiger partial charge is 0.153 e. The third-order valence-corrected chi connectivity index (χ3v) is 4.40. The zero-order valence-corrected chi connectivity index (χ0v) is 13.2. The number of hydrogen-bond donors (Lipinski definition) is 0. The molecular formula is C16H13ClN2OS. The molecule has 3 rings (SSSR count). The fraction of sp³-hybridized carbons (Fsp3) is 0.125. The number of rotatable bonds is 3. The SMILES string of the molecule is Cc1ccc(-n2cc(C=O)c(-c3csc(Cl)c3)n2)c(C)c1. The largest absolute Gasteiger partial charge is 0.298 e. The molecule has 0 saturated carbocycles. The van der Waals surface area contributed by atoms with E-state index in [2.05, 4.69) is 18.1 Å². The van der Waals surface area contributed by atoms with Gasteiger partial charge in [0, 0.05) is 17.1 Å². The third-order valence-electron chi connectivity index (χ3n) is 3.31. The van der Waals surface area contributed by atoms with Crippen LogP contribution in [-0.2, 0) is 0 Å². The van der Waals surface area contributed by atoms with Crippen molar-refractivity contribution in [1.29, 1.82) is 0 Å². The Kier molecular flexibility index (Phi) is 3.66. The highest BCUT2D eigenvalue weighted by atomic mass is 35.5. The van der Waals surface area contributed by atoms with Crippen molar-refractivity contribution < 1.29 is 4.79 Å². The van der Waals surface area contributed by atoms with Gasteiger partial charge in [0.15, 0.2) is 6.29 Å². The second-order valence-corrected chi connectivity index (χ2v) is 6.47. The number of carbonyl (C=O) groups is 1. The van der Waals surface area contributed by atoms with Gasteiger partial charge in [0.05, 0.1) is 15.6 Å². The van der Waals surface area contributed by atoms with Gasteiger partial charge in [0.25, 0.3) is 0 Å². The average molecular weight is 317 g/mol. The van der Waals surface area contributed by atoms with Crippen molar-refractivity contribution in [2.24, 2.45) is 0 Å². The number of aromatic nitrogens is 2. The lowest BCUT2D eigenvalue weighted by Gasteiger charge is -2.06. The average Bonchev–Trinajstić information content (AvgIpc) is 3.04. The van der Waals surface area contributed by atoms with E-state index in [1.807, 2.05) is 30.5 Å². The van der Waals surface area contributed by atoms with Crippen molar-refractivity contribution >= 4 is 29.2 Å². The van der Waals surface area contributed by atoms with Crippen LogP contribution in [0, 0.1) is 13.8 Å². The van der Waals surface area contributed by atoms with Gasteiger partial charge in [0.2, 0.25) is 0 Å². The molecule has 2 heterocycles. The van der Waals surface area contributed by atoms with Crippen LogP contribution in [0.1, 0.15) is 21.5 Å². The first-order valence-electron chi connectivity index (χ1n) is 6.45. The summed E-state index contributed by atoms with van der Waals surface area (Å²) in [5.74, 6) is 0. The Labute approximate surface area is 131 Å². The Hall–Kier alpha value is -1.91. The van der Waals surface area contributed by atoms with Crippen molar-refractivity contribution in [3.63, 3.8) is 0 Å². The lowest BCUT2D eigenvalue weighted by molar-refractivity contribution is 0.112. The fourth-order valence-corrected chi connectivity index (χ4v) is 3.18. The van der Waals surface area contributed by atoms with Gasteiger partial charge >= 0.3 is 0 Å². The highest BCUT2D eigenvalue weighted by molar-refractivity contribution is 7.14. The summed E-state index contributed by atoms with van der Waals surface area (Å²) >= 11 is 7.40. The minimum atomic E-state index is 0.560. The van der Waals surface area contributed by atoms with E-state index in [-0.39, 0.29) is 0 Å². The Morgan fingerprint density at radius 3 is 2.71 bits per heavy atom. The molecule has 0 saturated heterocycles. The maximum atomic E-state index is 11.3. The molecule has 0 aliphatic rings. The van der Waals surface area contributed by atoms with Crippen LogP contribution in [0.25, 0.3) is 16.9 Å². The van der Waals surface area contributed by atoms with Gasteiger partial charge in [-0.3, -0.25) is 4.79 Å². The van der Waals surface area contributed by atoms with E-state index in [0.717, 1.165) is 23.1 Å². The molecule has 0 spiro atoms. The molecule has 0 atom stereocenters. The number of carbonyl (C=O) groups excluding carboxylic acids is 1. The maximum Gasteiger partial charge on any atom is 0.153 e. The second-order valence-electron chi connectivity index (χ2n) is 4.92. The number of aryl methyl sites for hydroxylation is 2. The van der Waals surface area contributed by atoms with Crippen molar-refractivity contribution in [1.82, 2.24) is 9.78 Å². The maximum absolute atomic E-state index is 11.3. The molecule has 0 aliphatic carbocycles. The van der Waals surface area contributed by atoms with Crippen LogP contribution in [0.5, 0.6) is 0 Å². The second kappa shape index (κ2) is 5.47. The predicted octanol–water partition coefficient (Wildman–Crippen LogP) is 4.68. The van der Waals surface area contributed by atoms with Crippen molar-refractivity contribution in [3.8, 4) is 16.9 Å². The van der Waals surface area contributed by atoms with Gasteiger partial charge in [-0.15, -0.1) is 11.3 Å². The molecule has 1 aromatic carbocycles. The highest BCUT2D eigenvalue weighted by Gasteiger charge is 2.14. The first kappa shape index (κ1) is 14.0. The fourth-order valence-electron chi connectivity index (χ4n) is 2.32. The van der Waals surface area contributed by atoms with Crippen LogP contribution in [0.2, 0.25) is 4.34 Å². The van der Waals surface area contributed by atoms with Crippen LogP contribution in [0.15, 0.2) is 35.8 Å². The molecule has 0 aliphatic heterocycles. The van der Waals surface area contributed by atoms with Crippen molar-refractivity contribution in [2.75, 3.05) is 0 Å². The standard InChI is InChI=1S/C16H13ClN2OS/c1-10-3-4-14(11(2)5-10)19-7-13(8-20)16(18-19)12-6-15(17)21-9-12/h3-9H,1-2H3. The monoisotopic (exact) mass is 316 g/mol. The molecule has 0 unspecified atom stereocenters. The van der Waals surface area contributed by atoms with Crippen molar-refractivity contribution in [2.45, 2.75) is 13.8 Å². The Morgan fingerprint density at radius 2 is 2.10 bits per heavy atom. The van der Waals surface area contributed by atoms with Crippen LogP contribution >= 0.6 is 22.9 Å². The summed E-state index contributed by atoms with van der Waals surface area (Å²) in [5, 5.41) is 6.47. The molecule has 106 valence electrons. The molecular weight excluding hydrogens is 304 g/mol. The molecule has 2 aromatic heterocycles. The van der Waals surface area contributed by atoms with Crippen molar-refractivity contribution in [3.05, 3.63) is 56.9 Å². The number of aldehydes is 1. The van der Waals surface area contributed by atoms with Gasteiger partial charge in [-0.05, 0) is 31.5 Å². The number of nitrogens with zero attached hydrogens (tertiary/aromatic N) is 2. The summed E-state index contributed by atoms with van der Waals surface area (Å²) in [6.07, 6.45) is 2.58. The topological polar surface area (TPSA) is 34.9 Å². The Morgan fingerprint density at radius 1 is 1.29 bits per heavy atom. The van der Waals surface area contributed by atoms with E-state index in [0.29, 0.717) is 15.6 Å². The number of thiophene rings is 1. The van der Waals surface area contributed by atoms with E-state index < -0.39 is 0 Å². The summed E-state index contributed by atoms with van der Waals surface area (Å²) in [4.78, 5) is 11.3. The zero-order valence-electron chi connectivity index (χ0n) is 11.6. The highest BCUT2D eigenvalue weighted by Crippen LogP contribution is 2.30. The molecule has 0 bridgehead atoms. The first-order valence-corrected chi connectivity index (χ1v) is 7.71. The zero-order chi connectivity index (χ0) is 15.0. The molecule has 0 N–H and O–H groups in total. The van der Waals surface area contributed by atoms with E-state index in [1.165, 1.54) is 16.9 Å². The number of benzene rings is 1. The van der Waals surface area contributed by atoms with Crippen LogP contribution in [0.4, 0.5) is 0 Å². The van der Waals surface area contributed by atoms with E-state index in [1.54, 1.807) is 10.9 Å². The number of halogens is 1. The quantitative estimate of drug-likeness (QED) is 0.657. The summed E-state index contributed by atoms with van der Waals surface area (Å²) in [5.41, 5.74) is 5.37. The normalized spacial score (nSPS) is 10.8. The van der Waals surface area contributed by atoms with Gasteiger partial charge in [-0.1, -0.05) is 29.3 Å². The molecule has 0 amide bonds. The molecule has 3 nitrogen and oxygen atoms in total. The Balaban J connectivity index is 2.13. The molecule has 3 aromatic rings. The molecule has 5 heteroatoms. The first-order chi connectivity index (χ1) is 10.1.